The van der Waals surface area contributed by atoms with Crippen LogP contribution in [0.3, 0.4) is 0 Å². The van der Waals surface area contributed by atoms with Crippen LogP contribution in [0.15, 0.2) is 29.1 Å². The lowest BCUT2D eigenvalue weighted by Gasteiger charge is -2.11. The fourth-order valence-corrected chi connectivity index (χ4v) is 2.38. The predicted molar refractivity (Wildman–Crippen MR) is 78.0 cm³/mol. The molecule has 0 aliphatic heterocycles. The molecule has 0 bridgehead atoms. The number of hydrogen-bond donors (Lipinski definition) is 2. The third-order valence-corrected chi connectivity index (χ3v) is 3.28. The lowest BCUT2D eigenvalue weighted by atomic mass is 10.1. The Morgan fingerprint density at radius 2 is 2.10 bits per heavy atom. The molecule has 0 amide bonds. The minimum Gasteiger partial charge on any atom is -0.481 e. The summed E-state index contributed by atoms with van der Waals surface area (Å²) < 4.78 is 1.58. The van der Waals surface area contributed by atoms with Gasteiger partial charge in [0.2, 0.25) is 0 Å². The SMILES string of the molecule is Cc1cccc(-n2c(=S)[nH]c(C)c(CC(=O)O)c2=O)c1. The molecule has 0 radical (unpaired) electrons. The predicted octanol–water partition coefficient (Wildman–Crippen LogP) is 2.14. The summed E-state index contributed by atoms with van der Waals surface area (Å²) in [4.78, 5) is 26.2. The number of hydrogen-bond acceptors (Lipinski definition) is 3. The van der Waals surface area contributed by atoms with Gasteiger partial charge in [0.25, 0.3) is 5.56 Å². The van der Waals surface area contributed by atoms with Gasteiger partial charge in [0.1, 0.15) is 0 Å². The highest BCUT2D eigenvalue weighted by Gasteiger charge is 2.14. The van der Waals surface area contributed by atoms with Gasteiger partial charge >= 0.3 is 5.97 Å². The van der Waals surface area contributed by atoms with Crippen LogP contribution in [-0.2, 0) is 11.2 Å². The Morgan fingerprint density at radius 3 is 2.70 bits per heavy atom. The van der Waals surface area contributed by atoms with E-state index in [0.717, 1.165) is 5.56 Å². The first-order valence-electron chi connectivity index (χ1n) is 6.04. The zero-order valence-corrected chi connectivity index (χ0v) is 12.0. The van der Waals surface area contributed by atoms with E-state index in [2.05, 4.69) is 4.98 Å². The highest BCUT2D eigenvalue weighted by molar-refractivity contribution is 7.71. The number of nitrogens with zero attached hydrogens (tertiary/aromatic N) is 1. The van der Waals surface area contributed by atoms with Crippen LogP contribution in [0.5, 0.6) is 0 Å². The Labute approximate surface area is 120 Å². The standard InChI is InChI=1S/C14H14N2O3S/c1-8-4-3-5-10(6-8)16-13(19)11(7-12(17)18)9(2)15-14(16)20/h3-6H,7H2,1-2H3,(H,15,20)(H,17,18). The Balaban J connectivity index is 2.74. The van der Waals surface area contributed by atoms with Crippen molar-refractivity contribution in [3.05, 3.63) is 56.2 Å². The van der Waals surface area contributed by atoms with E-state index >= 15 is 0 Å². The van der Waals surface area contributed by atoms with E-state index < -0.39 is 5.97 Å². The molecule has 0 atom stereocenters. The van der Waals surface area contributed by atoms with Crippen molar-refractivity contribution >= 4 is 18.2 Å². The van der Waals surface area contributed by atoms with Crippen molar-refractivity contribution in [2.75, 3.05) is 0 Å². The summed E-state index contributed by atoms with van der Waals surface area (Å²) >= 11 is 5.19. The molecule has 0 aliphatic rings. The molecule has 0 saturated heterocycles. The van der Waals surface area contributed by atoms with Gasteiger partial charge in [0.05, 0.1) is 12.1 Å². The van der Waals surface area contributed by atoms with Gasteiger partial charge < -0.3 is 10.1 Å². The Bertz CT molecular complexity index is 790. The third kappa shape index (κ3) is 2.70. The largest absolute Gasteiger partial charge is 0.481 e. The molecule has 0 saturated carbocycles. The van der Waals surface area contributed by atoms with Crippen molar-refractivity contribution in [2.45, 2.75) is 20.3 Å². The van der Waals surface area contributed by atoms with Crippen molar-refractivity contribution in [2.24, 2.45) is 0 Å². The Morgan fingerprint density at radius 1 is 1.40 bits per heavy atom. The van der Waals surface area contributed by atoms with E-state index in [1.807, 2.05) is 25.1 Å². The number of benzene rings is 1. The molecule has 20 heavy (non-hydrogen) atoms. The van der Waals surface area contributed by atoms with Gasteiger partial charge in [-0.25, -0.2) is 0 Å². The van der Waals surface area contributed by atoms with Crippen LogP contribution in [0, 0.1) is 18.6 Å². The minimum atomic E-state index is -1.05. The quantitative estimate of drug-likeness (QED) is 0.849. The molecule has 1 heterocycles. The smallest absolute Gasteiger partial charge is 0.308 e. The molecule has 104 valence electrons. The highest BCUT2D eigenvalue weighted by Crippen LogP contribution is 2.10. The summed E-state index contributed by atoms with van der Waals surface area (Å²) in [6, 6.07) is 7.32. The molecule has 0 unspecified atom stereocenters. The zero-order valence-electron chi connectivity index (χ0n) is 11.1. The molecule has 2 aromatic rings. The third-order valence-electron chi connectivity index (χ3n) is 3.00. The van der Waals surface area contributed by atoms with Gasteiger partial charge in [-0.2, -0.15) is 0 Å². The van der Waals surface area contributed by atoms with E-state index in [4.69, 9.17) is 17.3 Å². The number of aryl methyl sites for hydroxylation is 2. The summed E-state index contributed by atoms with van der Waals surface area (Å²) in [5, 5.41) is 8.90. The molecular weight excluding hydrogens is 276 g/mol. The number of carboxylic acids is 1. The number of carbonyl (C=O) groups is 1. The number of rotatable bonds is 3. The van der Waals surface area contributed by atoms with E-state index in [1.165, 1.54) is 4.57 Å². The topological polar surface area (TPSA) is 75.1 Å². The maximum atomic E-state index is 12.5. The van der Waals surface area contributed by atoms with Crippen LogP contribution in [-0.4, -0.2) is 20.6 Å². The molecule has 5 nitrogen and oxygen atoms in total. The molecule has 0 fully saturated rings. The first-order chi connectivity index (χ1) is 9.40. The minimum absolute atomic E-state index is 0.215. The van der Waals surface area contributed by atoms with Gasteiger partial charge in [-0.05, 0) is 43.8 Å². The molecule has 1 aromatic carbocycles. The molecule has 0 aliphatic carbocycles. The van der Waals surface area contributed by atoms with Crippen LogP contribution in [0.4, 0.5) is 0 Å². The number of aromatic nitrogens is 2. The molecule has 6 heteroatoms. The first-order valence-corrected chi connectivity index (χ1v) is 6.44. The average molecular weight is 290 g/mol. The van der Waals surface area contributed by atoms with E-state index in [-0.39, 0.29) is 22.3 Å². The lowest BCUT2D eigenvalue weighted by molar-refractivity contribution is -0.136. The Kier molecular flexibility index (Phi) is 3.85. The summed E-state index contributed by atoms with van der Waals surface area (Å²) in [6.45, 7) is 3.56. The molecule has 0 spiro atoms. The summed E-state index contributed by atoms with van der Waals surface area (Å²) in [5.41, 5.74) is 1.94. The van der Waals surface area contributed by atoms with Gasteiger partial charge in [-0.1, -0.05) is 12.1 Å². The fourth-order valence-electron chi connectivity index (χ4n) is 2.04. The fraction of sp³-hybridized carbons (Fsp3) is 0.214. The number of nitrogens with one attached hydrogen (secondary N) is 1. The Hall–Kier alpha value is -2.21. The lowest BCUT2D eigenvalue weighted by Crippen LogP contribution is -2.27. The first kappa shape index (κ1) is 14.2. The van der Waals surface area contributed by atoms with E-state index in [1.54, 1.807) is 13.0 Å². The molecule has 2 N–H and O–H groups in total. The maximum Gasteiger partial charge on any atom is 0.308 e. The molecule has 1 aromatic heterocycles. The molecule has 2 rings (SSSR count). The zero-order chi connectivity index (χ0) is 14.9. The van der Waals surface area contributed by atoms with Gasteiger partial charge in [-0.15, -0.1) is 0 Å². The van der Waals surface area contributed by atoms with Gasteiger partial charge in [0.15, 0.2) is 4.77 Å². The van der Waals surface area contributed by atoms with Crippen molar-refractivity contribution < 1.29 is 9.90 Å². The second kappa shape index (κ2) is 5.42. The number of H-pyrrole nitrogens is 1. The van der Waals surface area contributed by atoms with E-state index in [0.29, 0.717) is 11.4 Å². The van der Waals surface area contributed by atoms with Crippen LogP contribution in [0.2, 0.25) is 0 Å². The maximum absolute atomic E-state index is 12.5. The monoisotopic (exact) mass is 290 g/mol. The van der Waals surface area contributed by atoms with Crippen LogP contribution >= 0.6 is 12.2 Å². The van der Waals surface area contributed by atoms with Gasteiger partial charge in [0, 0.05) is 11.3 Å². The average Bonchev–Trinajstić information content (AvgIpc) is 2.34. The van der Waals surface area contributed by atoms with E-state index in [9.17, 15) is 9.59 Å². The number of aromatic amines is 1. The summed E-state index contributed by atoms with van der Waals surface area (Å²) in [5.74, 6) is -1.05. The second-order valence-corrected chi connectivity index (χ2v) is 4.97. The van der Waals surface area contributed by atoms with Crippen LogP contribution in [0.25, 0.3) is 5.69 Å². The van der Waals surface area contributed by atoms with Crippen LogP contribution in [0.1, 0.15) is 16.8 Å². The van der Waals surface area contributed by atoms with Crippen molar-refractivity contribution in [3.8, 4) is 5.69 Å². The van der Waals surface area contributed by atoms with Crippen molar-refractivity contribution in [1.29, 1.82) is 0 Å². The highest BCUT2D eigenvalue weighted by atomic mass is 32.1. The van der Waals surface area contributed by atoms with Crippen LogP contribution < -0.4 is 5.56 Å². The van der Waals surface area contributed by atoms with Gasteiger partial charge in [-0.3, -0.25) is 14.2 Å². The van der Waals surface area contributed by atoms with Crippen molar-refractivity contribution in [3.63, 3.8) is 0 Å². The number of carboxylic acid groups (broad SMARTS) is 1. The second-order valence-electron chi connectivity index (χ2n) is 4.58. The number of aliphatic carboxylic acids is 1. The van der Waals surface area contributed by atoms with Crippen molar-refractivity contribution in [1.82, 2.24) is 9.55 Å². The normalized spacial score (nSPS) is 10.5. The summed E-state index contributed by atoms with van der Waals surface area (Å²) in [6.07, 6.45) is -0.331. The molecular formula is C14H14N2O3S. The summed E-state index contributed by atoms with van der Waals surface area (Å²) in [7, 11) is 0.